The minimum Gasteiger partial charge on any atom is -0.370 e. The number of hydrogen-bond donors (Lipinski definition) is 2. The molecule has 0 bridgehead atoms. The van der Waals surface area contributed by atoms with Crippen molar-refractivity contribution in [3.8, 4) is 0 Å². The Labute approximate surface area is 156 Å². The van der Waals surface area contributed by atoms with E-state index in [1.54, 1.807) is 0 Å². The van der Waals surface area contributed by atoms with Crippen LogP contribution in [0.1, 0.15) is 43.1 Å². The number of nitrogens with zero attached hydrogens (tertiary/aromatic N) is 2. The second-order valence-corrected chi connectivity index (χ2v) is 8.93. The summed E-state index contributed by atoms with van der Waals surface area (Å²) in [6.07, 6.45) is 3.47. The Hall–Kier alpha value is -0.630. The summed E-state index contributed by atoms with van der Waals surface area (Å²) in [6, 6.07) is 2.32. The maximum absolute atomic E-state index is 11.4. The van der Waals surface area contributed by atoms with Gasteiger partial charge in [-0.1, -0.05) is 0 Å². The lowest BCUT2D eigenvalue weighted by Gasteiger charge is -2.32. The zero-order chi connectivity index (χ0) is 15.7. The van der Waals surface area contributed by atoms with Crippen molar-refractivity contribution >= 4 is 40.5 Å². The zero-order valence-corrected chi connectivity index (χ0v) is 16.2. The van der Waals surface area contributed by atoms with Crippen molar-refractivity contribution in [1.82, 2.24) is 9.97 Å². The fraction of sp³-hybridized carbons (Fsp3) is 0.733. The van der Waals surface area contributed by atoms with Gasteiger partial charge in [0.15, 0.2) is 0 Å². The van der Waals surface area contributed by atoms with Gasteiger partial charge in [-0.25, -0.2) is 18.4 Å². The predicted octanol–water partition coefficient (Wildman–Crippen LogP) is 2.07. The lowest BCUT2D eigenvalue weighted by atomic mass is 9.78. The number of nitrogens with one attached hydrogen (secondary N) is 1. The van der Waals surface area contributed by atoms with Gasteiger partial charge in [0.1, 0.15) is 21.5 Å². The molecule has 24 heavy (non-hydrogen) atoms. The molecule has 1 saturated heterocycles. The maximum Gasteiger partial charge on any atom is 0.150 e. The molecule has 9 heteroatoms. The number of anilines is 1. The maximum atomic E-state index is 11.4. The fourth-order valence-electron chi connectivity index (χ4n) is 3.19. The van der Waals surface area contributed by atoms with Crippen LogP contribution in [0.3, 0.4) is 0 Å². The fourth-order valence-corrected chi connectivity index (χ4v) is 4.77. The van der Waals surface area contributed by atoms with Gasteiger partial charge in [0, 0.05) is 30.3 Å². The van der Waals surface area contributed by atoms with Gasteiger partial charge >= 0.3 is 0 Å². The van der Waals surface area contributed by atoms with E-state index < -0.39 is 9.84 Å². The highest BCUT2D eigenvalue weighted by Gasteiger charge is 2.29. The van der Waals surface area contributed by atoms with Gasteiger partial charge in [0.2, 0.25) is 0 Å². The molecule has 0 spiro atoms. The number of aromatic nitrogens is 2. The van der Waals surface area contributed by atoms with Crippen molar-refractivity contribution in [3.63, 3.8) is 0 Å². The molecule has 138 valence electrons. The highest BCUT2D eigenvalue weighted by Crippen LogP contribution is 2.35. The number of hydrogen-bond acceptors (Lipinski definition) is 6. The van der Waals surface area contributed by atoms with Gasteiger partial charge in [0.25, 0.3) is 0 Å². The smallest absolute Gasteiger partial charge is 0.150 e. The number of rotatable bonds is 4. The Morgan fingerprint density at radius 1 is 1.21 bits per heavy atom. The molecule has 2 aliphatic rings. The largest absolute Gasteiger partial charge is 0.370 e. The summed E-state index contributed by atoms with van der Waals surface area (Å²) in [4.78, 5) is 8.95. The Morgan fingerprint density at radius 3 is 2.42 bits per heavy atom. The molecule has 1 saturated carbocycles. The SMILES string of the molecule is Cc1nc(NCC2CCS(=O)(=O)CC2)cc(C2CC(N)C2)n1.Cl.Cl. The molecular weight excluding hydrogens is 371 g/mol. The third-order valence-corrected chi connectivity index (χ3v) is 6.41. The van der Waals surface area contributed by atoms with Gasteiger partial charge < -0.3 is 11.1 Å². The van der Waals surface area contributed by atoms with Crippen LogP contribution in [-0.2, 0) is 9.84 Å². The first-order chi connectivity index (χ1) is 10.4. The molecule has 1 aromatic rings. The van der Waals surface area contributed by atoms with E-state index in [2.05, 4.69) is 15.3 Å². The molecule has 6 nitrogen and oxygen atoms in total. The van der Waals surface area contributed by atoms with E-state index in [1.807, 2.05) is 13.0 Å². The van der Waals surface area contributed by atoms with Gasteiger partial charge in [0.05, 0.1) is 11.5 Å². The number of aryl methyl sites for hydroxylation is 1. The first kappa shape index (κ1) is 21.4. The van der Waals surface area contributed by atoms with Crippen molar-refractivity contribution in [1.29, 1.82) is 0 Å². The molecule has 0 radical (unpaired) electrons. The van der Waals surface area contributed by atoms with Crippen LogP contribution in [0.15, 0.2) is 6.07 Å². The Morgan fingerprint density at radius 2 is 1.83 bits per heavy atom. The summed E-state index contributed by atoms with van der Waals surface area (Å²) in [7, 11) is -2.79. The highest BCUT2D eigenvalue weighted by molar-refractivity contribution is 7.91. The second kappa shape index (κ2) is 8.65. The first-order valence-electron chi connectivity index (χ1n) is 7.97. The first-order valence-corrected chi connectivity index (χ1v) is 9.79. The van der Waals surface area contributed by atoms with E-state index in [9.17, 15) is 8.42 Å². The van der Waals surface area contributed by atoms with Gasteiger partial charge in [-0.3, -0.25) is 0 Å². The van der Waals surface area contributed by atoms with Gasteiger partial charge in [-0.05, 0) is 38.5 Å². The van der Waals surface area contributed by atoms with Crippen molar-refractivity contribution in [2.75, 3.05) is 23.4 Å². The topological polar surface area (TPSA) is 98.0 Å². The number of nitrogens with two attached hydrogens (primary N) is 1. The summed E-state index contributed by atoms with van der Waals surface area (Å²) in [5.41, 5.74) is 6.92. The van der Waals surface area contributed by atoms with E-state index in [-0.39, 0.29) is 24.8 Å². The van der Waals surface area contributed by atoms with Crippen LogP contribution in [0.25, 0.3) is 0 Å². The van der Waals surface area contributed by atoms with Crippen molar-refractivity contribution in [2.45, 2.75) is 44.6 Å². The van der Waals surface area contributed by atoms with Crippen LogP contribution in [0.2, 0.25) is 0 Å². The summed E-state index contributed by atoms with van der Waals surface area (Å²) in [6.45, 7) is 2.68. The van der Waals surface area contributed by atoms with E-state index in [4.69, 9.17) is 5.73 Å². The molecule has 0 aromatic carbocycles. The van der Waals surface area contributed by atoms with Crippen molar-refractivity contribution < 1.29 is 8.42 Å². The minimum absolute atomic E-state index is 0. The monoisotopic (exact) mass is 396 g/mol. The van der Waals surface area contributed by atoms with Crippen LogP contribution in [-0.4, -0.2) is 42.5 Å². The predicted molar refractivity (Wildman–Crippen MR) is 101 cm³/mol. The molecule has 1 aromatic heterocycles. The van der Waals surface area contributed by atoms with Crippen LogP contribution >= 0.6 is 24.8 Å². The quantitative estimate of drug-likeness (QED) is 0.807. The lowest BCUT2D eigenvalue weighted by molar-refractivity contribution is 0.344. The summed E-state index contributed by atoms with van der Waals surface area (Å²) in [5.74, 6) is 3.10. The molecule has 2 fully saturated rings. The highest BCUT2D eigenvalue weighted by atomic mass is 35.5. The van der Waals surface area contributed by atoms with Crippen LogP contribution < -0.4 is 11.1 Å². The lowest BCUT2D eigenvalue weighted by Crippen LogP contribution is -2.35. The average molecular weight is 397 g/mol. The van der Waals surface area contributed by atoms with Crippen LogP contribution in [0, 0.1) is 12.8 Å². The molecule has 1 aliphatic carbocycles. The second-order valence-electron chi connectivity index (χ2n) is 6.63. The van der Waals surface area contributed by atoms with Crippen molar-refractivity contribution in [2.24, 2.45) is 11.7 Å². The molecule has 0 unspecified atom stereocenters. The normalized spacial score (nSPS) is 25.8. The van der Waals surface area contributed by atoms with Gasteiger partial charge in [-0.2, -0.15) is 0 Å². The molecule has 0 atom stereocenters. The summed E-state index contributed by atoms with van der Waals surface area (Å²) in [5, 5.41) is 3.36. The summed E-state index contributed by atoms with van der Waals surface area (Å²) < 4.78 is 22.9. The zero-order valence-electron chi connectivity index (χ0n) is 13.8. The molecule has 1 aliphatic heterocycles. The third-order valence-electron chi connectivity index (χ3n) is 4.70. The number of halogens is 2. The Balaban J connectivity index is 0.00000144. The van der Waals surface area contributed by atoms with E-state index in [0.717, 1.165) is 49.6 Å². The van der Waals surface area contributed by atoms with E-state index in [0.29, 0.717) is 29.4 Å². The van der Waals surface area contributed by atoms with Crippen LogP contribution in [0.5, 0.6) is 0 Å². The summed E-state index contributed by atoms with van der Waals surface area (Å²) >= 11 is 0. The van der Waals surface area contributed by atoms with E-state index >= 15 is 0 Å². The minimum atomic E-state index is -2.79. The van der Waals surface area contributed by atoms with Crippen molar-refractivity contribution in [3.05, 3.63) is 17.6 Å². The molecule has 3 N–H and O–H groups in total. The number of sulfone groups is 1. The van der Waals surface area contributed by atoms with E-state index in [1.165, 1.54) is 0 Å². The molecular formula is C15H26Cl2N4O2S. The standard InChI is InChI=1S/C15H24N4O2S.2ClH/c1-10-18-14(12-6-13(16)7-12)8-15(19-10)17-9-11-2-4-22(20,21)5-3-11;;/h8,11-13H,2-7,9,16H2,1H3,(H,17,18,19);2*1H. The average Bonchev–Trinajstić information content (AvgIpc) is 2.42. The Kier molecular flexibility index (Phi) is 7.72. The Bertz CT molecular complexity index is 637. The molecule has 0 amide bonds. The molecule has 2 heterocycles. The van der Waals surface area contributed by atoms with Crippen LogP contribution in [0.4, 0.5) is 5.82 Å². The third kappa shape index (κ3) is 5.44. The van der Waals surface area contributed by atoms with Gasteiger partial charge in [-0.15, -0.1) is 24.8 Å². The molecule has 3 rings (SSSR count).